The summed E-state index contributed by atoms with van der Waals surface area (Å²) in [5.74, 6) is -1.37. The molecule has 0 radical (unpaired) electrons. The number of hydrogen-bond acceptors (Lipinski definition) is 5. The molecule has 0 saturated carbocycles. The van der Waals surface area contributed by atoms with Crippen LogP contribution in [-0.2, 0) is 16.1 Å². The number of aryl methyl sites for hydroxylation is 2. The molecule has 0 aliphatic heterocycles. The van der Waals surface area contributed by atoms with Crippen LogP contribution in [0.4, 0.5) is 4.39 Å². The first-order chi connectivity index (χ1) is 13.7. The first-order valence-electron chi connectivity index (χ1n) is 9.20. The van der Waals surface area contributed by atoms with Gasteiger partial charge in [0, 0.05) is 13.6 Å². The summed E-state index contributed by atoms with van der Waals surface area (Å²) in [7, 11) is 1.58. The molecule has 7 heteroatoms. The minimum absolute atomic E-state index is 0.211. The van der Waals surface area contributed by atoms with Crippen molar-refractivity contribution in [3.63, 3.8) is 0 Å². The van der Waals surface area contributed by atoms with Crippen molar-refractivity contribution in [2.24, 2.45) is 0 Å². The number of carbonyl (C=O) groups excluding carboxylic acids is 2. The molecule has 0 saturated heterocycles. The van der Waals surface area contributed by atoms with Gasteiger partial charge in [-0.2, -0.15) is 0 Å². The summed E-state index contributed by atoms with van der Waals surface area (Å²) in [5.41, 5.74) is 3.83. The monoisotopic (exact) mass is 395 g/mol. The lowest BCUT2D eigenvalue weighted by molar-refractivity contribution is -0.139. The van der Waals surface area contributed by atoms with Crippen molar-refractivity contribution >= 4 is 22.9 Å². The maximum atomic E-state index is 13.3. The lowest BCUT2D eigenvalue weighted by Gasteiger charge is -2.21. The van der Waals surface area contributed by atoms with Gasteiger partial charge in [-0.3, -0.25) is 4.79 Å². The molecule has 0 N–H and O–H groups in total. The van der Waals surface area contributed by atoms with Gasteiger partial charge in [0.15, 0.2) is 6.10 Å². The van der Waals surface area contributed by atoms with E-state index in [-0.39, 0.29) is 18.3 Å². The largest absolute Gasteiger partial charge is 0.449 e. The number of nitrogens with zero attached hydrogens (tertiary/aromatic N) is 3. The Morgan fingerprint density at radius 1 is 1.07 bits per heavy atom. The molecule has 150 valence electrons. The standard InChI is InChI=1S/C22H22FN3O3/c1-13-14(2)25-20-11-17(8-9-19(20)24-13)22(28)29-15(3)21(27)26(4)12-16-6-5-7-18(23)10-16/h5-11,15H,12H2,1-4H3/t15-/m1/s1. The van der Waals surface area contributed by atoms with Gasteiger partial charge in [-0.1, -0.05) is 12.1 Å². The predicted octanol–water partition coefficient (Wildman–Crippen LogP) is 3.59. The van der Waals surface area contributed by atoms with Gasteiger partial charge in [0.25, 0.3) is 5.91 Å². The fourth-order valence-corrected chi connectivity index (χ4v) is 2.93. The molecule has 0 aliphatic rings. The highest BCUT2D eigenvalue weighted by Gasteiger charge is 2.22. The Balaban J connectivity index is 1.68. The lowest BCUT2D eigenvalue weighted by Crippen LogP contribution is -2.37. The van der Waals surface area contributed by atoms with Crippen LogP contribution in [0.3, 0.4) is 0 Å². The molecule has 3 aromatic rings. The Labute approximate surface area is 168 Å². The summed E-state index contributed by atoms with van der Waals surface area (Å²) in [5, 5.41) is 0. The Hall–Kier alpha value is -3.35. The zero-order chi connectivity index (χ0) is 21.1. The van der Waals surface area contributed by atoms with E-state index in [2.05, 4.69) is 9.97 Å². The molecule has 0 aliphatic carbocycles. The van der Waals surface area contributed by atoms with Crippen LogP contribution in [0.5, 0.6) is 0 Å². The summed E-state index contributed by atoms with van der Waals surface area (Å²) in [6.45, 7) is 5.44. The van der Waals surface area contributed by atoms with Crippen LogP contribution in [0, 0.1) is 19.7 Å². The van der Waals surface area contributed by atoms with Gasteiger partial charge in [0.1, 0.15) is 5.82 Å². The average Bonchev–Trinajstić information content (AvgIpc) is 2.67. The highest BCUT2D eigenvalue weighted by molar-refractivity contribution is 5.95. The van der Waals surface area contributed by atoms with Crippen LogP contribution in [-0.4, -0.2) is 39.9 Å². The third kappa shape index (κ3) is 4.74. The van der Waals surface area contributed by atoms with Gasteiger partial charge >= 0.3 is 5.97 Å². The highest BCUT2D eigenvalue weighted by Crippen LogP contribution is 2.16. The van der Waals surface area contributed by atoms with Crippen molar-refractivity contribution in [2.45, 2.75) is 33.4 Å². The number of rotatable bonds is 5. The Morgan fingerprint density at radius 3 is 2.45 bits per heavy atom. The maximum Gasteiger partial charge on any atom is 0.338 e. The number of halogens is 1. The quantitative estimate of drug-likeness (QED) is 0.618. The lowest BCUT2D eigenvalue weighted by atomic mass is 10.1. The summed E-state index contributed by atoms with van der Waals surface area (Å²) < 4.78 is 18.6. The third-order valence-corrected chi connectivity index (χ3v) is 4.63. The van der Waals surface area contributed by atoms with Gasteiger partial charge in [-0.25, -0.2) is 19.2 Å². The summed E-state index contributed by atoms with van der Waals surface area (Å²) in [4.78, 5) is 35.3. The number of hydrogen-bond donors (Lipinski definition) is 0. The van der Waals surface area contributed by atoms with E-state index in [1.807, 2.05) is 13.8 Å². The molecule has 0 bridgehead atoms. The van der Waals surface area contributed by atoms with E-state index in [4.69, 9.17) is 4.74 Å². The van der Waals surface area contributed by atoms with Crippen molar-refractivity contribution in [3.8, 4) is 0 Å². The van der Waals surface area contributed by atoms with Crippen molar-refractivity contribution in [3.05, 3.63) is 70.8 Å². The first-order valence-corrected chi connectivity index (χ1v) is 9.20. The van der Waals surface area contributed by atoms with Crippen molar-refractivity contribution in [1.82, 2.24) is 14.9 Å². The number of aromatic nitrogens is 2. The van der Waals surface area contributed by atoms with Gasteiger partial charge < -0.3 is 9.64 Å². The fraction of sp³-hybridized carbons (Fsp3) is 0.273. The van der Waals surface area contributed by atoms with Crippen LogP contribution in [0.2, 0.25) is 0 Å². The van der Waals surface area contributed by atoms with E-state index in [1.54, 1.807) is 37.4 Å². The predicted molar refractivity (Wildman–Crippen MR) is 107 cm³/mol. The van der Waals surface area contributed by atoms with Crippen LogP contribution in [0.15, 0.2) is 42.5 Å². The number of benzene rings is 2. The SMILES string of the molecule is Cc1nc2ccc(C(=O)O[C@H](C)C(=O)N(C)Cc3cccc(F)c3)cc2nc1C. The molecule has 0 spiro atoms. The van der Waals surface area contributed by atoms with Crippen molar-refractivity contribution in [2.75, 3.05) is 7.05 Å². The van der Waals surface area contributed by atoms with Gasteiger partial charge in [-0.05, 0) is 56.7 Å². The molecule has 2 aromatic carbocycles. The molecule has 1 atom stereocenters. The number of amides is 1. The Kier molecular flexibility index (Phi) is 5.87. The molecular formula is C22H22FN3O3. The zero-order valence-electron chi connectivity index (χ0n) is 16.8. The number of fused-ring (bicyclic) bond motifs is 1. The second-order valence-corrected chi connectivity index (χ2v) is 6.97. The number of esters is 1. The second-order valence-electron chi connectivity index (χ2n) is 6.97. The number of ether oxygens (including phenoxy) is 1. The molecular weight excluding hydrogens is 373 g/mol. The molecule has 1 heterocycles. The first kappa shape index (κ1) is 20.4. The molecule has 6 nitrogen and oxygen atoms in total. The Morgan fingerprint density at radius 2 is 1.76 bits per heavy atom. The number of carbonyl (C=O) groups is 2. The summed E-state index contributed by atoms with van der Waals surface area (Å²) in [6, 6.07) is 10.9. The van der Waals surface area contributed by atoms with Crippen LogP contribution < -0.4 is 0 Å². The smallest absolute Gasteiger partial charge is 0.338 e. The van der Waals surface area contributed by atoms with Crippen LogP contribution >= 0.6 is 0 Å². The fourth-order valence-electron chi connectivity index (χ4n) is 2.93. The molecule has 0 fully saturated rings. The summed E-state index contributed by atoms with van der Waals surface area (Å²) >= 11 is 0. The minimum Gasteiger partial charge on any atom is -0.449 e. The van der Waals surface area contributed by atoms with E-state index in [0.29, 0.717) is 22.2 Å². The van der Waals surface area contributed by atoms with Crippen LogP contribution in [0.25, 0.3) is 11.0 Å². The molecule has 1 aromatic heterocycles. The zero-order valence-corrected chi connectivity index (χ0v) is 16.8. The highest BCUT2D eigenvalue weighted by atomic mass is 19.1. The van der Waals surface area contributed by atoms with Gasteiger partial charge in [0.2, 0.25) is 0 Å². The molecule has 29 heavy (non-hydrogen) atoms. The number of likely N-dealkylation sites (N-methyl/N-ethyl adjacent to an activating group) is 1. The van der Waals surface area contributed by atoms with Gasteiger partial charge in [-0.15, -0.1) is 0 Å². The van der Waals surface area contributed by atoms with E-state index >= 15 is 0 Å². The van der Waals surface area contributed by atoms with Crippen LogP contribution in [0.1, 0.15) is 34.2 Å². The second kappa shape index (κ2) is 8.34. The molecule has 3 rings (SSSR count). The van der Waals surface area contributed by atoms with Crippen molar-refractivity contribution in [1.29, 1.82) is 0 Å². The summed E-state index contributed by atoms with van der Waals surface area (Å²) in [6.07, 6.45) is -0.984. The molecule has 0 unspecified atom stereocenters. The van der Waals surface area contributed by atoms with Gasteiger partial charge in [0.05, 0.1) is 28.0 Å². The average molecular weight is 395 g/mol. The topological polar surface area (TPSA) is 72.4 Å². The normalized spacial score (nSPS) is 11.9. The minimum atomic E-state index is -0.984. The van der Waals surface area contributed by atoms with E-state index < -0.39 is 12.1 Å². The molecule has 1 amide bonds. The van der Waals surface area contributed by atoms with E-state index in [9.17, 15) is 14.0 Å². The third-order valence-electron chi connectivity index (χ3n) is 4.63. The van der Waals surface area contributed by atoms with E-state index in [1.165, 1.54) is 24.0 Å². The maximum absolute atomic E-state index is 13.3. The van der Waals surface area contributed by atoms with Crippen molar-refractivity contribution < 1.29 is 18.7 Å². The van der Waals surface area contributed by atoms with E-state index in [0.717, 1.165) is 11.4 Å². The Bertz CT molecular complexity index is 1080.